The summed E-state index contributed by atoms with van der Waals surface area (Å²) < 4.78 is 12.1. The molecule has 0 unspecified atom stereocenters. The number of piperidine rings is 2. The summed E-state index contributed by atoms with van der Waals surface area (Å²) in [6.45, 7) is 4.97. The van der Waals surface area contributed by atoms with Crippen LogP contribution in [0.1, 0.15) is 146 Å². The molecule has 6 atom stereocenters. The van der Waals surface area contributed by atoms with E-state index in [1.54, 1.807) is 24.3 Å². The lowest BCUT2D eigenvalue weighted by molar-refractivity contribution is -0.0240. The van der Waals surface area contributed by atoms with Gasteiger partial charge < -0.3 is 9.47 Å². The lowest BCUT2D eigenvalue weighted by atomic mass is 9.52. The monoisotopic (exact) mass is 752 g/mol. The molecule has 4 bridgehead atoms. The molecule has 0 amide bonds. The van der Waals surface area contributed by atoms with Crippen molar-refractivity contribution in [3.63, 3.8) is 0 Å². The van der Waals surface area contributed by atoms with Crippen LogP contribution < -0.4 is 9.47 Å². The summed E-state index contributed by atoms with van der Waals surface area (Å²) in [5.74, 6) is 3.70. The highest BCUT2D eigenvalue weighted by Crippen LogP contribution is 2.58. The number of carbonyl (C=O) groups is 2. The first-order valence-electron chi connectivity index (χ1n) is 22.8. The predicted octanol–water partition coefficient (Wildman–Crippen LogP) is 9.84. The van der Waals surface area contributed by atoms with Crippen molar-refractivity contribution in [1.29, 1.82) is 0 Å². The molecule has 0 aromatic heterocycles. The Kier molecular flexibility index (Phi) is 8.99. The van der Waals surface area contributed by atoms with E-state index in [2.05, 4.69) is 34.1 Å². The van der Waals surface area contributed by atoms with Crippen molar-refractivity contribution in [3.8, 4) is 11.5 Å². The lowest BCUT2D eigenvalue weighted by Crippen LogP contribution is -2.61. The fourth-order valence-corrected chi connectivity index (χ4v) is 13.8. The van der Waals surface area contributed by atoms with E-state index >= 15 is 0 Å². The van der Waals surface area contributed by atoms with Gasteiger partial charge in [-0.05, 0) is 185 Å². The molecule has 2 saturated heterocycles. The number of benzene rings is 3. The number of rotatable bonds is 8. The second-order valence-corrected chi connectivity index (χ2v) is 19.6. The molecule has 2 aliphatic heterocycles. The Balaban J connectivity index is 0.770. The largest absolute Gasteiger partial charge is 0.423 e. The van der Waals surface area contributed by atoms with Crippen LogP contribution in [-0.4, -0.2) is 60.0 Å². The first-order valence-corrected chi connectivity index (χ1v) is 22.8. The van der Waals surface area contributed by atoms with Gasteiger partial charge in [-0.15, -0.1) is 0 Å². The van der Waals surface area contributed by atoms with Gasteiger partial charge in [0.2, 0.25) is 0 Å². The Labute approximate surface area is 333 Å². The normalized spacial score (nSPS) is 32.4. The zero-order chi connectivity index (χ0) is 37.4. The van der Waals surface area contributed by atoms with Crippen LogP contribution in [0.5, 0.6) is 11.5 Å². The Morgan fingerprint density at radius 1 is 0.536 bits per heavy atom. The maximum absolute atomic E-state index is 13.5. The molecule has 0 spiro atoms. The molecule has 294 valence electrons. The summed E-state index contributed by atoms with van der Waals surface area (Å²) in [5, 5.41) is 0. The molecule has 2 heterocycles. The van der Waals surface area contributed by atoms with Gasteiger partial charge in [-0.2, -0.15) is 0 Å². The SMILES string of the molecule is O=C(Oc1ccc2c(c1)[C@@]13CCCC[C@H]1[C@@H](C2)N(CC1CCC1)CC3)c1ccc(C(=O)Oc2ccc3c(c2)[C@@]24CCCC[C@H]2[C@@H](C3)N(CC2CCC2)CC4)cc1. The quantitative estimate of drug-likeness (QED) is 0.169. The minimum atomic E-state index is -0.389. The fourth-order valence-electron chi connectivity index (χ4n) is 13.8. The van der Waals surface area contributed by atoms with Crippen molar-refractivity contribution in [2.75, 3.05) is 26.2 Å². The molecule has 56 heavy (non-hydrogen) atoms. The summed E-state index contributed by atoms with van der Waals surface area (Å²) in [7, 11) is 0. The number of ether oxygens (including phenoxy) is 2. The van der Waals surface area contributed by atoms with E-state index in [4.69, 9.17) is 9.47 Å². The van der Waals surface area contributed by atoms with E-state index in [1.165, 1.54) is 151 Å². The highest BCUT2D eigenvalue weighted by molar-refractivity contribution is 5.95. The number of likely N-dealkylation sites (tertiary alicyclic amines) is 2. The molecular formula is C50H60N2O4. The third-order valence-electron chi connectivity index (χ3n) is 17.1. The van der Waals surface area contributed by atoms with E-state index in [9.17, 15) is 9.59 Å². The maximum Gasteiger partial charge on any atom is 0.343 e. The van der Waals surface area contributed by atoms with E-state index in [-0.39, 0.29) is 22.8 Å². The van der Waals surface area contributed by atoms with Crippen molar-refractivity contribution >= 4 is 11.9 Å². The minimum absolute atomic E-state index is 0.210. The van der Waals surface area contributed by atoms with Crippen molar-refractivity contribution in [1.82, 2.24) is 9.80 Å². The molecule has 4 saturated carbocycles. The van der Waals surface area contributed by atoms with E-state index in [1.807, 2.05) is 12.1 Å². The molecule has 6 heteroatoms. The molecule has 6 aliphatic carbocycles. The first-order chi connectivity index (χ1) is 27.5. The van der Waals surface area contributed by atoms with Gasteiger partial charge in [0.1, 0.15) is 11.5 Å². The van der Waals surface area contributed by atoms with Gasteiger partial charge in [0.25, 0.3) is 0 Å². The first kappa shape index (κ1) is 35.7. The molecule has 3 aromatic rings. The van der Waals surface area contributed by atoms with Crippen LogP contribution in [0, 0.1) is 23.7 Å². The van der Waals surface area contributed by atoms with Gasteiger partial charge in [0.05, 0.1) is 11.1 Å². The summed E-state index contributed by atoms with van der Waals surface area (Å²) in [6.07, 6.45) is 23.5. The zero-order valence-corrected chi connectivity index (χ0v) is 33.3. The number of nitrogens with zero attached hydrogens (tertiary/aromatic N) is 2. The fraction of sp³-hybridized carbons (Fsp3) is 0.600. The second-order valence-electron chi connectivity index (χ2n) is 19.6. The molecule has 8 aliphatic rings. The van der Waals surface area contributed by atoms with Gasteiger partial charge in [0, 0.05) is 36.0 Å². The molecule has 6 nitrogen and oxygen atoms in total. The van der Waals surface area contributed by atoms with E-state index < -0.39 is 0 Å². The van der Waals surface area contributed by atoms with Crippen LogP contribution in [-0.2, 0) is 23.7 Å². The summed E-state index contributed by atoms with van der Waals surface area (Å²) in [6, 6.07) is 21.0. The van der Waals surface area contributed by atoms with Gasteiger partial charge in [-0.1, -0.05) is 50.7 Å². The Bertz CT molecular complexity index is 1860. The van der Waals surface area contributed by atoms with Crippen LogP contribution in [0.3, 0.4) is 0 Å². The van der Waals surface area contributed by atoms with Gasteiger partial charge >= 0.3 is 11.9 Å². The molecule has 3 aromatic carbocycles. The lowest BCUT2D eigenvalue weighted by Gasteiger charge is -2.59. The highest BCUT2D eigenvalue weighted by atomic mass is 16.5. The highest BCUT2D eigenvalue weighted by Gasteiger charge is 2.55. The molecule has 0 N–H and O–H groups in total. The van der Waals surface area contributed by atoms with Crippen LogP contribution in [0.2, 0.25) is 0 Å². The average molecular weight is 753 g/mol. The van der Waals surface area contributed by atoms with Gasteiger partial charge in [-0.25, -0.2) is 9.59 Å². The summed E-state index contributed by atoms with van der Waals surface area (Å²) >= 11 is 0. The van der Waals surface area contributed by atoms with Crippen molar-refractivity contribution in [2.24, 2.45) is 23.7 Å². The van der Waals surface area contributed by atoms with Crippen LogP contribution in [0.4, 0.5) is 0 Å². The number of hydrogen-bond donors (Lipinski definition) is 0. The zero-order valence-electron chi connectivity index (χ0n) is 33.3. The van der Waals surface area contributed by atoms with E-state index in [0.29, 0.717) is 46.5 Å². The number of carbonyl (C=O) groups excluding carboxylic acids is 2. The number of esters is 2. The van der Waals surface area contributed by atoms with Crippen molar-refractivity contribution in [2.45, 2.75) is 138 Å². The smallest absolute Gasteiger partial charge is 0.343 e. The van der Waals surface area contributed by atoms with Crippen LogP contribution in [0.25, 0.3) is 0 Å². The third-order valence-corrected chi connectivity index (χ3v) is 17.1. The predicted molar refractivity (Wildman–Crippen MR) is 219 cm³/mol. The number of fused-ring (bicyclic) bond motifs is 2. The van der Waals surface area contributed by atoms with Crippen molar-refractivity contribution < 1.29 is 19.1 Å². The molecule has 0 radical (unpaired) electrons. The Hall–Kier alpha value is -3.48. The summed E-state index contributed by atoms with van der Waals surface area (Å²) in [4.78, 5) is 32.7. The Morgan fingerprint density at radius 2 is 0.982 bits per heavy atom. The average Bonchev–Trinajstić information content (AvgIpc) is 3.19. The number of hydrogen-bond acceptors (Lipinski definition) is 6. The third kappa shape index (κ3) is 5.93. The maximum atomic E-state index is 13.5. The topological polar surface area (TPSA) is 59.1 Å². The van der Waals surface area contributed by atoms with Crippen LogP contribution >= 0.6 is 0 Å². The molecule has 11 rings (SSSR count). The minimum Gasteiger partial charge on any atom is -0.423 e. The molecule has 6 fully saturated rings. The van der Waals surface area contributed by atoms with Crippen LogP contribution in [0.15, 0.2) is 60.7 Å². The molecular weight excluding hydrogens is 693 g/mol. The standard InChI is InChI=1S/C50H60N2O4/c53-47(55-39-19-17-37-27-45-41-11-1-3-21-49(41,43(37)29-39)23-25-51(45)31-33-7-5-8-33)35-13-15-36(16-14-35)48(54)56-40-20-18-38-28-46-42-12-2-4-22-50(42,44(38)30-40)24-26-52(46)32-34-9-6-10-34/h13-20,29-30,33-34,41-42,45-46H,1-12,21-28,31-32H2/t41-,42-,45+,46+,49+,50+/m0/s1. The van der Waals surface area contributed by atoms with Gasteiger partial charge in [0.15, 0.2) is 0 Å². The second kappa shape index (κ2) is 14.1. The van der Waals surface area contributed by atoms with E-state index in [0.717, 1.165) is 24.7 Å². The van der Waals surface area contributed by atoms with Crippen molar-refractivity contribution in [3.05, 3.63) is 94.0 Å². The summed E-state index contributed by atoms with van der Waals surface area (Å²) in [5.41, 5.74) is 7.10. The Morgan fingerprint density at radius 3 is 1.39 bits per heavy atom. The van der Waals surface area contributed by atoms with Gasteiger partial charge in [-0.3, -0.25) is 9.80 Å².